The number of aryl methyl sites for hydroxylation is 1. The van der Waals surface area contributed by atoms with Crippen LogP contribution in [0.2, 0.25) is 0 Å². The minimum atomic E-state index is 0.475. The Morgan fingerprint density at radius 2 is 2.29 bits per heavy atom. The molecule has 0 fully saturated rings. The van der Waals surface area contributed by atoms with Gasteiger partial charge in [-0.05, 0) is 18.4 Å². The van der Waals surface area contributed by atoms with E-state index in [-0.39, 0.29) is 0 Å². The number of carbonyl (C=O) groups is 1. The number of hydrogen-bond acceptors (Lipinski definition) is 3. The third-order valence-corrected chi connectivity index (χ3v) is 1.82. The highest BCUT2D eigenvalue weighted by Gasteiger charge is 2.02. The van der Waals surface area contributed by atoms with Crippen LogP contribution >= 0.6 is 0 Å². The average Bonchev–Trinajstić information content (AvgIpc) is 2.15. The monoisotopic (exact) mass is 193 g/mol. The predicted octanol–water partition coefficient (Wildman–Crippen LogP) is 2.24. The van der Waals surface area contributed by atoms with Gasteiger partial charge in [0.1, 0.15) is 0 Å². The Morgan fingerprint density at radius 1 is 1.57 bits per heavy atom. The molecule has 0 aliphatic heterocycles. The van der Waals surface area contributed by atoms with Crippen LogP contribution in [0.3, 0.4) is 0 Å². The number of hydrogen-bond donors (Lipinski definition) is 0. The maximum absolute atomic E-state index is 10.5. The van der Waals surface area contributed by atoms with Gasteiger partial charge >= 0.3 is 0 Å². The van der Waals surface area contributed by atoms with Crippen molar-refractivity contribution in [3.8, 4) is 5.88 Å². The van der Waals surface area contributed by atoms with E-state index < -0.39 is 0 Å². The molecule has 0 N–H and O–H groups in total. The summed E-state index contributed by atoms with van der Waals surface area (Å²) in [7, 11) is 0. The van der Waals surface area contributed by atoms with Crippen LogP contribution in [0.5, 0.6) is 5.88 Å². The van der Waals surface area contributed by atoms with Crippen molar-refractivity contribution in [2.24, 2.45) is 5.92 Å². The van der Waals surface area contributed by atoms with Crippen LogP contribution in [0.15, 0.2) is 12.3 Å². The molecule has 76 valence electrons. The van der Waals surface area contributed by atoms with E-state index in [4.69, 9.17) is 4.74 Å². The van der Waals surface area contributed by atoms with Gasteiger partial charge in [0.2, 0.25) is 5.88 Å². The van der Waals surface area contributed by atoms with Crippen LogP contribution in [-0.2, 0) is 0 Å². The minimum Gasteiger partial charge on any atom is -0.477 e. The lowest BCUT2D eigenvalue weighted by molar-refractivity contribution is 0.112. The van der Waals surface area contributed by atoms with E-state index in [1.54, 1.807) is 6.07 Å². The molecular weight excluding hydrogens is 178 g/mol. The second-order valence-electron chi connectivity index (χ2n) is 3.70. The van der Waals surface area contributed by atoms with E-state index in [9.17, 15) is 4.79 Å². The second-order valence-corrected chi connectivity index (χ2v) is 3.70. The number of rotatable bonds is 4. The number of ether oxygens (including phenoxy) is 1. The first-order valence-electron chi connectivity index (χ1n) is 4.68. The number of aldehydes is 1. The summed E-state index contributed by atoms with van der Waals surface area (Å²) < 4.78 is 5.42. The van der Waals surface area contributed by atoms with Gasteiger partial charge in [-0.1, -0.05) is 13.8 Å². The summed E-state index contributed by atoms with van der Waals surface area (Å²) in [6, 6.07) is 1.78. The van der Waals surface area contributed by atoms with Crippen molar-refractivity contribution in [2.75, 3.05) is 6.61 Å². The molecule has 1 aromatic heterocycles. The van der Waals surface area contributed by atoms with Crippen molar-refractivity contribution in [1.29, 1.82) is 0 Å². The number of nitrogens with zero attached hydrogens (tertiary/aromatic N) is 1. The first kappa shape index (κ1) is 10.7. The van der Waals surface area contributed by atoms with Crippen molar-refractivity contribution in [2.45, 2.75) is 20.8 Å². The molecule has 0 aliphatic carbocycles. The molecule has 0 spiro atoms. The molecule has 0 aromatic carbocycles. The molecule has 0 unspecified atom stereocenters. The smallest absolute Gasteiger partial charge is 0.213 e. The molecule has 3 nitrogen and oxygen atoms in total. The average molecular weight is 193 g/mol. The number of carbonyl (C=O) groups excluding carboxylic acids is 1. The molecule has 1 rings (SSSR count). The largest absolute Gasteiger partial charge is 0.477 e. The van der Waals surface area contributed by atoms with Crippen molar-refractivity contribution in [3.05, 3.63) is 23.4 Å². The maximum Gasteiger partial charge on any atom is 0.213 e. The van der Waals surface area contributed by atoms with Gasteiger partial charge in [0.05, 0.1) is 6.61 Å². The highest BCUT2D eigenvalue weighted by molar-refractivity contribution is 5.76. The van der Waals surface area contributed by atoms with Crippen LogP contribution in [-0.4, -0.2) is 17.9 Å². The number of pyridine rings is 1. The van der Waals surface area contributed by atoms with Gasteiger partial charge in [-0.15, -0.1) is 0 Å². The molecule has 1 aromatic rings. The fraction of sp³-hybridized carbons (Fsp3) is 0.455. The molecule has 0 atom stereocenters. The molecule has 14 heavy (non-hydrogen) atoms. The lowest BCUT2D eigenvalue weighted by Crippen LogP contribution is -2.06. The second kappa shape index (κ2) is 4.74. The Bertz CT molecular complexity index is 321. The summed E-state index contributed by atoms with van der Waals surface area (Å²) in [6.45, 7) is 6.67. The minimum absolute atomic E-state index is 0.475. The van der Waals surface area contributed by atoms with Gasteiger partial charge < -0.3 is 4.74 Å². The summed E-state index contributed by atoms with van der Waals surface area (Å²) >= 11 is 0. The van der Waals surface area contributed by atoms with Crippen LogP contribution in [0.1, 0.15) is 29.8 Å². The SMILES string of the molecule is Cc1cc(OCC(C)C)ncc1C=O. The van der Waals surface area contributed by atoms with Crippen molar-refractivity contribution >= 4 is 6.29 Å². The van der Waals surface area contributed by atoms with Crippen LogP contribution in [0, 0.1) is 12.8 Å². The highest BCUT2D eigenvalue weighted by atomic mass is 16.5. The van der Waals surface area contributed by atoms with E-state index in [1.807, 2.05) is 6.92 Å². The molecule has 0 aliphatic rings. The van der Waals surface area contributed by atoms with Crippen LogP contribution < -0.4 is 4.74 Å². The lowest BCUT2D eigenvalue weighted by Gasteiger charge is -2.08. The van der Waals surface area contributed by atoms with Gasteiger partial charge in [-0.2, -0.15) is 0 Å². The Morgan fingerprint density at radius 3 is 2.79 bits per heavy atom. The lowest BCUT2D eigenvalue weighted by atomic mass is 10.2. The van der Waals surface area contributed by atoms with Gasteiger partial charge in [0.15, 0.2) is 6.29 Å². The molecule has 0 amide bonds. The molecule has 0 saturated heterocycles. The van der Waals surface area contributed by atoms with Crippen molar-refractivity contribution < 1.29 is 9.53 Å². The third kappa shape index (κ3) is 2.83. The predicted molar refractivity (Wildman–Crippen MR) is 54.7 cm³/mol. The standard InChI is InChI=1S/C11H15NO2/c1-8(2)7-14-11-4-9(3)10(6-13)5-12-11/h4-6,8H,7H2,1-3H3. The molecule has 0 bridgehead atoms. The van der Waals surface area contributed by atoms with E-state index >= 15 is 0 Å². The van der Waals surface area contributed by atoms with Crippen molar-refractivity contribution in [3.63, 3.8) is 0 Å². The highest BCUT2D eigenvalue weighted by Crippen LogP contribution is 2.12. The summed E-state index contributed by atoms with van der Waals surface area (Å²) in [4.78, 5) is 14.6. The third-order valence-electron chi connectivity index (χ3n) is 1.82. The van der Waals surface area contributed by atoms with Gasteiger partial charge in [-0.3, -0.25) is 4.79 Å². The Labute approximate surface area is 84.1 Å². The quantitative estimate of drug-likeness (QED) is 0.688. The van der Waals surface area contributed by atoms with Crippen LogP contribution in [0.25, 0.3) is 0 Å². The summed E-state index contributed by atoms with van der Waals surface area (Å²) in [6.07, 6.45) is 2.34. The summed E-state index contributed by atoms with van der Waals surface area (Å²) in [5, 5.41) is 0. The first-order chi connectivity index (χ1) is 6.63. The van der Waals surface area contributed by atoms with E-state index in [1.165, 1.54) is 6.20 Å². The molecule has 0 saturated carbocycles. The van der Waals surface area contributed by atoms with Crippen molar-refractivity contribution in [1.82, 2.24) is 4.98 Å². The summed E-state index contributed by atoms with van der Waals surface area (Å²) in [5.74, 6) is 1.06. The molecule has 3 heteroatoms. The molecule has 0 radical (unpaired) electrons. The zero-order chi connectivity index (χ0) is 10.6. The van der Waals surface area contributed by atoms with Crippen LogP contribution in [0.4, 0.5) is 0 Å². The van der Waals surface area contributed by atoms with Gasteiger partial charge in [0.25, 0.3) is 0 Å². The number of aromatic nitrogens is 1. The zero-order valence-corrected chi connectivity index (χ0v) is 8.78. The molecular formula is C11H15NO2. The summed E-state index contributed by atoms with van der Waals surface area (Å²) in [5.41, 5.74) is 1.51. The Kier molecular flexibility index (Phi) is 3.63. The van der Waals surface area contributed by atoms with E-state index in [2.05, 4.69) is 18.8 Å². The normalized spacial score (nSPS) is 10.3. The molecule has 1 heterocycles. The van der Waals surface area contributed by atoms with E-state index in [0.29, 0.717) is 24.0 Å². The Balaban J connectivity index is 2.71. The Hall–Kier alpha value is -1.38. The topological polar surface area (TPSA) is 39.2 Å². The van der Waals surface area contributed by atoms with Gasteiger partial charge in [0, 0.05) is 17.8 Å². The fourth-order valence-electron chi connectivity index (χ4n) is 0.995. The fourth-order valence-corrected chi connectivity index (χ4v) is 0.995. The van der Waals surface area contributed by atoms with E-state index in [0.717, 1.165) is 11.8 Å². The first-order valence-corrected chi connectivity index (χ1v) is 4.68. The maximum atomic E-state index is 10.5. The van der Waals surface area contributed by atoms with Gasteiger partial charge in [-0.25, -0.2) is 4.98 Å². The zero-order valence-electron chi connectivity index (χ0n) is 8.78.